The molecule has 33 heavy (non-hydrogen) atoms. The molecule has 0 aliphatic heterocycles. The van der Waals surface area contributed by atoms with Gasteiger partial charge >= 0.3 is 0 Å². The second-order valence-electron chi connectivity index (χ2n) is 7.84. The summed E-state index contributed by atoms with van der Waals surface area (Å²) in [5, 5.41) is 20.8. The number of nitrogens with one attached hydrogen (secondary N) is 2. The maximum atomic E-state index is 15.2. The predicted molar refractivity (Wildman–Crippen MR) is 127 cm³/mol. The van der Waals surface area contributed by atoms with Crippen LogP contribution in [0, 0.1) is 24.1 Å². The standard InChI is InChI=1S/C24H20ClFN4O2S/c1-13-6-14(12-28-2)7-21(26)23(13)18-10-19-22(8-15(18)11-27)29-30-24(19)17-5-4-16(9-20(17)25)33(3,31)32/h4-10,28H,12H2,1-3H3,(H,29,30). The van der Waals surface area contributed by atoms with Crippen molar-refractivity contribution in [3.05, 3.63) is 70.0 Å². The van der Waals surface area contributed by atoms with E-state index in [9.17, 15) is 13.7 Å². The van der Waals surface area contributed by atoms with Crippen LogP contribution in [-0.2, 0) is 16.4 Å². The summed E-state index contributed by atoms with van der Waals surface area (Å²) in [6.07, 6.45) is 1.11. The number of halogens is 2. The minimum atomic E-state index is -3.42. The van der Waals surface area contributed by atoms with Crippen LogP contribution in [0.2, 0.25) is 5.02 Å². The molecular formula is C24H20ClFN4O2S. The summed E-state index contributed by atoms with van der Waals surface area (Å²) in [6, 6.07) is 13.3. The van der Waals surface area contributed by atoms with Gasteiger partial charge in [-0.05, 0) is 61.5 Å². The minimum Gasteiger partial charge on any atom is -0.316 e. The summed E-state index contributed by atoms with van der Waals surface area (Å²) in [5.41, 5.74) is 4.19. The van der Waals surface area contributed by atoms with E-state index in [0.29, 0.717) is 51.0 Å². The molecule has 2 N–H and O–H groups in total. The Morgan fingerprint density at radius 1 is 1.18 bits per heavy atom. The molecular weight excluding hydrogens is 463 g/mol. The second-order valence-corrected chi connectivity index (χ2v) is 10.3. The third-order valence-corrected chi connectivity index (χ3v) is 6.87. The van der Waals surface area contributed by atoms with Gasteiger partial charge in [-0.2, -0.15) is 10.4 Å². The van der Waals surface area contributed by atoms with Crippen LogP contribution in [0.4, 0.5) is 4.39 Å². The number of rotatable bonds is 5. The van der Waals surface area contributed by atoms with E-state index >= 15 is 4.39 Å². The Hall–Kier alpha value is -3.25. The van der Waals surface area contributed by atoms with Crippen LogP contribution >= 0.6 is 11.6 Å². The topological polar surface area (TPSA) is 98.6 Å². The number of fused-ring (bicyclic) bond motifs is 1. The molecule has 9 heteroatoms. The molecule has 0 saturated heterocycles. The number of benzene rings is 3. The van der Waals surface area contributed by atoms with Crippen LogP contribution in [0.25, 0.3) is 33.3 Å². The van der Waals surface area contributed by atoms with E-state index in [1.54, 1.807) is 32.2 Å². The number of aryl methyl sites for hydroxylation is 1. The molecule has 0 fully saturated rings. The van der Waals surface area contributed by atoms with Crippen molar-refractivity contribution in [1.82, 2.24) is 15.5 Å². The van der Waals surface area contributed by atoms with Crippen LogP contribution in [0.1, 0.15) is 16.7 Å². The molecule has 0 unspecified atom stereocenters. The highest BCUT2D eigenvalue weighted by Crippen LogP contribution is 2.38. The van der Waals surface area contributed by atoms with Crippen molar-refractivity contribution in [3.63, 3.8) is 0 Å². The van der Waals surface area contributed by atoms with Crippen LogP contribution in [0.5, 0.6) is 0 Å². The maximum Gasteiger partial charge on any atom is 0.175 e. The van der Waals surface area contributed by atoms with Gasteiger partial charge in [0, 0.05) is 34.9 Å². The summed E-state index contributed by atoms with van der Waals surface area (Å²) in [5.74, 6) is -0.420. The van der Waals surface area contributed by atoms with Gasteiger partial charge in [-0.1, -0.05) is 17.7 Å². The molecule has 0 aliphatic carbocycles. The molecule has 4 aromatic rings. The molecule has 0 atom stereocenters. The highest BCUT2D eigenvalue weighted by molar-refractivity contribution is 7.90. The summed E-state index contributed by atoms with van der Waals surface area (Å²) in [6.45, 7) is 2.33. The van der Waals surface area contributed by atoms with E-state index in [1.165, 1.54) is 18.2 Å². The first-order valence-corrected chi connectivity index (χ1v) is 12.3. The van der Waals surface area contributed by atoms with Crippen molar-refractivity contribution in [3.8, 4) is 28.5 Å². The fraction of sp³-hybridized carbons (Fsp3) is 0.167. The number of nitriles is 1. The van der Waals surface area contributed by atoms with E-state index in [2.05, 4.69) is 21.6 Å². The molecule has 0 amide bonds. The van der Waals surface area contributed by atoms with Crippen molar-refractivity contribution in [2.75, 3.05) is 13.3 Å². The van der Waals surface area contributed by atoms with Crippen LogP contribution in [0.3, 0.4) is 0 Å². The highest BCUT2D eigenvalue weighted by Gasteiger charge is 2.20. The fourth-order valence-corrected chi connectivity index (χ4v) is 4.93. The first-order chi connectivity index (χ1) is 15.6. The molecule has 0 saturated carbocycles. The number of sulfone groups is 1. The van der Waals surface area contributed by atoms with E-state index in [-0.39, 0.29) is 9.92 Å². The lowest BCUT2D eigenvalue weighted by atomic mass is 9.92. The first-order valence-electron chi connectivity index (χ1n) is 10.00. The summed E-state index contributed by atoms with van der Waals surface area (Å²) >= 11 is 6.40. The van der Waals surface area contributed by atoms with Gasteiger partial charge in [-0.15, -0.1) is 0 Å². The van der Waals surface area contributed by atoms with E-state index in [0.717, 1.165) is 11.8 Å². The van der Waals surface area contributed by atoms with Gasteiger partial charge in [0.2, 0.25) is 0 Å². The molecule has 168 valence electrons. The third kappa shape index (κ3) is 4.23. The van der Waals surface area contributed by atoms with E-state index in [4.69, 9.17) is 11.6 Å². The lowest BCUT2D eigenvalue weighted by Crippen LogP contribution is -2.06. The molecule has 0 aliphatic rings. The van der Waals surface area contributed by atoms with E-state index in [1.807, 2.05) is 6.07 Å². The Morgan fingerprint density at radius 2 is 1.94 bits per heavy atom. The number of H-pyrrole nitrogens is 1. The highest BCUT2D eigenvalue weighted by atomic mass is 35.5. The summed E-state index contributed by atoms with van der Waals surface area (Å²) in [7, 11) is -1.63. The average molecular weight is 483 g/mol. The molecule has 6 nitrogen and oxygen atoms in total. The van der Waals surface area contributed by atoms with Crippen molar-refractivity contribution < 1.29 is 12.8 Å². The van der Waals surface area contributed by atoms with Gasteiger partial charge < -0.3 is 5.32 Å². The molecule has 0 radical (unpaired) electrons. The minimum absolute atomic E-state index is 0.0999. The predicted octanol–water partition coefficient (Wildman–Crippen LogP) is 4.99. The SMILES string of the molecule is CNCc1cc(C)c(-c2cc3c(-c4ccc(S(C)(=O)=O)cc4Cl)n[nH]c3cc2C#N)c(F)c1. The van der Waals surface area contributed by atoms with Crippen molar-refractivity contribution >= 4 is 32.3 Å². The fourth-order valence-electron chi connectivity index (χ4n) is 3.95. The Bertz CT molecular complexity index is 1530. The quantitative estimate of drug-likeness (QED) is 0.417. The summed E-state index contributed by atoms with van der Waals surface area (Å²) < 4.78 is 38.9. The summed E-state index contributed by atoms with van der Waals surface area (Å²) in [4.78, 5) is 0.0999. The van der Waals surface area contributed by atoms with Crippen molar-refractivity contribution in [2.24, 2.45) is 0 Å². The monoisotopic (exact) mass is 482 g/mol. The van der Waals surface area contributed by atoms with Crippen molar-refractivity contribution in [1.29, 1.82) is 5.26 Å². The maximum absolute atomic E-state index is 15.2. The van der Waals surface area contributed by atoms with Gasteiger partial charge in [-0.3, -0.25) is 5.10 Å². The molecule has 4 rings (SSSR count). The zero-order valence-corrected chi connectivity index (χ0v) is 19.7. The zero-order valence-electron chi connectivity index (χ0n) is 18.1. The number of hydrogen-bond acceptors (Lipinski definition) is 5. The van der Waals surface area contributed by atoms with Gasteiger partial charge in [0.05, 0.1) is 27.1 Å². The molecule has 1 aromatic heterocycles. The Labute approximate surface area is 195 Å². The third-order valence-electron chi connectivity index (χ3n) is 5.44. The van der Waals surface area contributed by atoms with Gasteiger partial charge in [0.15, 0.2) is 9.84 Å². The number of aromatic nitrogens is 2. The van der Waals surface area contributed by atoms with Crippen LogP contribution in [-0.4, -0.2) is 31.9 Å². The van der Waals surface area contributed by atoms with Crippen LogP contribution < -0.4 is 5.32 Å². The lowest BCUT2D eigenvalue weighted by Gasteiger charge is -2.13. The molecule has 1 heterocycles. The Kier molecular flexibility index (Phi) is 5.97. The Balaban J connectivity index is 1.94. The van der Waals surface area contributed by atoms with E-state index < -0.39 is 15.7 Å². The largest absolute Gasteiger partial charge is 0.316 e. The first kappa shape index (κ1) is 22.9. The lowest BCUT2D eigenvalue weighted by molar-refractivity contribution is 0.602. The smallest absolute Gasteiger partial charge is 0.175 e. The number of hydrogen-bond donors (Lipinski definition) is 2. The van der Waals surface area contributed by atoms with Gasteiger partial charge in [-0.25, -0.2) is 12.8 Å². The molecule has 3 aromatic carbocycles. The van der Waals surface area contributed by atoms with Gasteiger partial charge in [0.25, 0.3) is 0 Å². The number of nitrogens with zero attached hydrogens (tertiary/aromatic N) is 2. The second kappa shape index (κ2) is 8.60. The zero-order chi connectivity index (χ0) is 23.9. The van der Waals surface area contributed by atoms with Crippen LogP contribution in [0.15, 0.2) is 47.4 Å². The molecule has 0 bridgehead atoms. The van der Waals surface area contributed by atoms with Crippen molar-refractivity contribution in [2.45, 2.75) is 18.4 Å². The van der Waals surface area contributed by atoms with Gasteiger partial charge in [0.1, 0.15) is 11.5 Å². The Morgan fingerprint density at radius 3 is 2.55 bits per heavy atom. The molecule has 0 spiro atoms. The average Bonchev–Trinajstić information content (AvgIpc) is 3.14. The normalized spacial score (nSPS) is 11.6. The number of aromatic amines is 1.